The van der Waals surface area contributed by atoms with Crippen molar-refractivity contribution in [3.05, 3.63) is 96.3 Å². The van der Waals surface area contributed by atoms with Crippen molar-refractivity contribution in [1.29, 1.82) is 0 Å². The van der Waals surface area contributed by atoms with Crippen molar-refractivity contribution in [1.82, 2.24) is 0 Å². The molecule has 0 aliphatic carbocycles. The molecule has 0 heterocycles. The Morgan fingerprint density at radius 3 is 2.11 bits per heavy atom. The fourth-order valence-corrected chi connectivity index (χ4v) is 3.03. The zero-order chi connectivity index (χ0) is 18.8. The molecule has 132 valence electrons. The third kappa shape index (κ3) is 3.37. The maximum absolute atomic E-state index is 13.0. The van der Waals surface area contributed by atoms with Gasteiger partial charge in [-0.15, -0.1) is 0 Å². The van der Waals surface area contributed by atoms with Crippen LogP contribution < -0.4 is 5.32 Å². The molecule has 0 radical (unpaired) electrons. The molecular weight excluding hydrogens is 341 g/mol. The fraction of sp³-hybridized carbons (Fsp3) is 0. The molecule has 0 aliphatic rings. The summed E-state index contributed by atoms with van der Waals surface area (Å²) >= 11 is 0. The number of phenols is 1. The largest absolute Gasteiger partial charge is 0.506 e. The number of hydrogen-bond donors (Lipinski definition) is 2. The Morgan fingerprint density at radius 1 is 0.778 bits per heavy atom. The molecule has 1 amide bonds. The first kappa shape index (κ1) is 16.8. The summed E-state index contributed by atoms with van der Waals surface area (Å²) < 4.78 is 13.0. The Morgan fingerprint density at radius 2 is 1.41 bits per heavy atom. The minimum atomic E-state index is -0.382. The van der Waals surface area contributed by atoms with Gasteiger partial charge in [-0.1, -0.05) is 54.6 Å². The molecule has 27 heavy (non-hydrogen) atoms. The van der Waals surface area contributed by atoms with Crippen molar-refractivity contribution in [2.45, 2.75) is 0 Å². The molecule has 0 spiro atoms. The molecule has 0 unspecified atom stereocenters. The third-order valence-corrected chi connectivity index (χ3v) is 4.47. The van der Waals surface area contributed by atoms with E-state index in [0.717, 1.165) is 16.5 Å². The highest BCUT2D eigenvalue weighted by molar-refractivity contribution is 6.09. The lowest BCUT2D eigenvalue weighted by atomic mass is 10.0. The van der Waals surface area contributed by atoms with Gasteiger partial charge in [-0.25, -0.2) is 4.39 Å². The third-order valence-electron chi connectivity index (χ3n) is 4.47. The summed E-state index contributed by atoms with van der Waals surface area (Å²) in [6.45, 7) is 0. The number of carbonyl (C=O) groups is 1. The quantitative estimate of drug-likeness (QED) is 0.501. The van der Waals surface area contributed by atoms with Crippen LogP contribution in [-0.2, 0) is 0 Å². The van der Waals surface area contributed by atoms with Crippen molar-refractivity contribution in [3.63, 3.8) is 0 Å². The van der Waals surface area contributed by atoms with E-state index >= 15 is 0 Å². The van der Waals surface area contributed by atoms with Gasteiger partial charge in [0.25, 0.3) is 5.91 Å². The predicted molar refractivity (Wildman–Crippen MR) is 105 cm³/mol. The van der Waals surface area contributed by atoms with Crippen molar-refractivity contribution in [2.75, 3.05) is 5.32 Å². The van der Waals surface area contributed by atoms with Crippen molar-refractivity contribution in [2.24, 2.45) is 0 Å². The summed E-state index contributed by atoms with van der Waals surface area (Å²) in [4.78, 5) is 12.6. The maximum Gasteiger partial charge on any atom is 0.259 e. The van der Waals surface area contributed by atoms with E-state index in [2.05, 4.69) is 5.32 Å². The van der Waals surface area contributed by atoms with E-state index in [1.807, 2.05) is 36.4 Å². The van der Waals surface area contributed by atoms with E-state index in [-0.39, 0.29) is 23.0 Å². The molecule has 4 rings (SSSR count). The number of anilines is 1. The van der Waals surface area contributed by atoms with Gasteiger partial charge in [0.2, 0.25) is 0 Å². The van der Waals surface area contributed by atoms with E-state index in [1.165, 1.54) is 12.1 Å². The second-order valence-corrected chi connectivity index (χ2v) is 6.22. The van der Waals surface area contributed by atoms with Crippen LogP contribution in [0.15, 0.2) is 84.9 Å². The van der Waals surface area contributed by atoms with Crippen molar-refractivity contribution < 1.29 is 14.3 Å². The summed E-state index contributed by atoms with van der Waals surface area (Å²) in [5, 5.41) is 14.7. The number of carbonyl (C=O) groups excluding carboxylic acids is 1. The summed E-state index contributed by atoms with van der Waals surface area (Å²) in [7, 11) is 0. The predicted octanol–water partition coefficient (Wildman–Crippen LogP) is 5.60. The highest BCUT2D eigenvalue weighted by Crippen LogP contribution is 2.29. The molecule has 0 aromatic heterocycles. The van der Waals surface area contributed by atoms with Crippen LogP contribution in [0.4, 0.5) is 10.1 Å². The van der Waals surface area contributed by atoms with Gasteiger partial charge >= 0.3 is 0 Å². The minimum absolute atomic E-state index is 0.0338. The molecule has 0 aliphatic heterocycles. The number of hydrogen-bond acceptors (Lipinski definition) is 2. The molecule has 3 nitrogen and oxygen atoms in total. The molecule has 0 fully saturated rings. The van der Waals surface area contributed by atoms with Gasteiger partial charge in [-0.3, -0.25) is 4.79 Å². The second-order valence-electron chi connectivity index (χ2n) is 6.22. The van der Waals surface area contributed by atoms with Crippen molar-refractivity contribution in [3.8, 4) is 16.9 Å². The molecule has 0 saturated carbocycles. The fourth-order valence-electron chi connectivity index (χ4n) is 3.03. The van der Waals surface area contributed by atoms with E-state index in [4.69, 9.17) is 0 Å². The van der Waals surface area contributed by atoms with Crippen LogP contribution in [0.2, 0.25) is 0 Å². The lowest BCUT2D eigenvalue weighted by Gasteiger charge is -2.10. The number of nitrogens with one attached hydrogen (secondary N) is 1. The van der Waals surface area contributed by atoms with Gasteiger partial charge in [-0.2, -0.15) is 0 Å². The van der Waals surface area contributed by atoms with Gasteiger partial charge in [0.15, 0.2) is 0 Å². The molecule has 0 saturated heterocycles. The van der Waals surface area contributed by atoms with Crippen LogP contribution in [0.1, 0.15) is 10.4 Å². The number of rotatable bonds is 3. The van der Waals surface area contributed by atoms with Crippen LogP contribution in [-0.4, -0.2) is 11.0 Å². The van der Waals surface area contributed by atoms with Crippen molar-refractivity contribution >= 4 is 22.4 Å². The average molecular weight is 357 g/mol. The number of aromatic hydroxyl groups is 1. The summed E-state index contributed by atoms with van der Waals surface area (Å²) in [5.74, 6) is -0.695. The van der Waals surface area contributed by atoms with Crippen LogP contribution in [0.3, 0.4) is 0 Å². The van der Waals surface area contributed by atoms with Gasteiger partial charge in [0.1, 0.15) is 11.6 Å². The van der Waals surface area contributed by atoms with Crippen LogP contribution in [0.25, 0.3) is 21.9 Å². The monoisotopic (exact) mass is 357 g/mol. The van der Waals surface area contributed by atoms with Gasteiger partial charge in [-0.05, 0) is 46.8 Å². The number of amides is 1. The second kappa shape index (κ2) is 6.92. The minimum Gasteiger partial charge on any atom is -0.506 e. The molecule has 4 aromatic rings. The molecule has 0 atom stereocenters. The van der Waals surface area contributed by atoms with Crippen LogP contribution in [0, 0.1) is 5.82 Å². The normalized spacial score (nSPS) is 10.7. The van der Waals surface area contributed by atoms with Gasteiger partial charge in [0.05, 0.1) is 5.56 Å². The summed E-state index contributed by atoms with van der Waals surface area (Å²) in [6.07, 6.45) is 0. The lowest BCUT2D eigenvalue weighted by molar-refractivity contribution is 0.102. The first-order chi connectivity index (χ1) is 13.1. The number of fused-ring (bicyclic) bond motifs is 1. The standard InChI is InChI=1S/C23H16FNO2/c24-18-10-5-15(6-11-18)16-7-12-19(13-8-16)25-23(27)21-14-9-17-3-1-2-4-20(17)22(21)26/h1-14,26H,(H,25,27). The Labute approximate surface area is 155 Å². The highest BCUT2D eigenvalue weighted by atomic mass is 19.1. The smallest absolute Gasteiger partial charge is 0.259 e. The summed E-state index contributed by atoms with van der Waals surface area (Å²) in [5.41, 5.74) is 2.64. The Balaban J connectivity index is 1.56. The lowest BCUT2D eigenvalue weighted by Crippen LogP contribution is -2.12. The SMILES string of the molecule is O=C(Nc1ccc(-c2ccc(F)cc2)cc1)c1ccc2ccccc2c1O. The first-order valence-electron chi connectivity index (χ1n) is 8.50. The molecule has 0 bridgehead atoms. The highest BCUT2D eigenvalue weighted by Gasteiger charge is 2.14. The van der Waals surface area contributed by atoms with E-state index in [9.17, 15) is 14.3 Å². The summed E-state index contributed by atoms with van der Waals surface area (Å²) in [6, 6.07) is 24.2. The van der Waals surface area contributed by atoms with Gasteiger partial charge in [0, 0.05) is 11.1 Å². The molecule has 4 aromatic carbocycles. The topological polar surface area (TPSA) is 49.3 Å². The Hall–Kier alpha value is -3.66. The average Bonchev–Trinajstić information content (AvgIpc) is 2.70. The van der Waals surface area contributed by atoms with E-state index in [1.54, 1.807) is 36.4 Å². The van der Waals surface area contributed by atoms with E-state index in [0.29, 0.717) is 11.1 Å². The van der Waals surface area contributed by atoms with Crippen LogP contribution in [0.5, 0.6) is 5.75 Å². The maximum atomic E-state index is 13.0. The first-order valence-corrected chi connectivity index (χ1v) is 8.50. The zero-order valence-electron chi connectivity index (χ0n) is 14.3. The Kier molecular flexibility index (Phi) is 4.30. The zero-order valence-corrected chi connectivity index (χ0v) is 14.3. The molecule has 4 heteroatoms. The van der Waals surface area contributed by atoms with E-state index < -0.39 is 0 Å². The molecular formula is C23H16FNO2. The number of phenolic OH excluding ortho intramolecular Hbond substituents is 1. The number of benzene rings is 4. The molecule has 2 N–H and O–H groups in total. The Bertz CT molecular complexity index is 1120. The van der Waals surface area contributed by atoms with Crippen LogP contribution >= 0.6 is 0 Å². The number of halogens is 1. The van der Waals surface area contributed by atoms with Gasteiger partial charge < -0.3 is 10.4 Å².